The number of rotatable bonds is 5. The lowest BCUT2D eigenvalue weighted by Gasteiger charge is -2.09. The number of aliphatic carboxylic acids is 1. The average molecular weight is 232 g/mol. The van der Waals surface area contributed by atoms with Crippen molar-refractivity contribution in [2.24, 2.45) is 0 Å². The van der Waals surface area contributed by atoms with Crippen LogP contribution in [0.25, 0.3) is 0 Å². The van der Waals surface area contributed by atoms with Crippen molar-refractivity contribution in [1.29, 1.82) is 0 Å². The number of thioether (sulfide) groups is 1. The Labute approximate surface area is 90.8 Å². The van der Waals surface area contributed by atoms with Crippen LogP contribution in [0.3, 0.4) is 0 Å². The van der Waals surface area contributed by atoms with Crippen molar-refractivity contribution < 1.29 is 19.5 Å². The molecule has 1 fully saturated rings. The van der Waals surface area contributed by atoms with E-state index in [0.29, 0.717) is 13.0 Å². The molecular weight excluding hydrogens is 220 g/mol. The van der Waals surface area contributed by atoms with Crippen molar-refractivity contribution in [2.45, 2.75) is 12.5 Å². The van der Waals surface area contributed by atoms with E-state index >= 15 is 0 Å². The van der Waals surface area contributed by atoms with Gasteiger partial charge in [0, 0.05) is 13.0 Å². The van der Waals surface area contributed by atoms with Crippen LogP contribution in [0.4, 0.5) is 0 Å². The minimum absolute atomic E-state index is 0.0708. The van der Waals surface area contributed by atoms with E-state index < -0.39 is 5.97 Å². The third-order valence-electron chi connectivity index (χ3n) is 1.80. The molecule has 0 bridgehead atoms. The fraction of sp³-hybridized carbons (Fsp3) is 0.625. The average Bonchev–Trinajstić information content (AvgIpc) is 2.50. The molecule has 0 saturated carbocycles. The summed E-state index contributed by atoms with van der Waals surface area (Å²) in [6, 6.07) is -0.157. The highest BCUT2D eigenvalue weighted by atomic mass is 32.2. The first-order valence-corrected chi connectivity index (χ1v) is 5.59. The van der Waals surface area contributed by atoms with Crippen molar-refractivity contribution in [2.75, 3.05) is 18.1 Å². The van der Waals surface area contributed by atoms with E-state index in [2.05, 4.69) is 10.6 Å². The SMILES string of the molecule is O=C(O)CSCC(=O)NC1CNC(=O)C1. The van der Waals surface area contributed by atoms with E-state index in [1.54, 1.807) is 0 Å². The van der Waals surface area contributed by atoms with Gasteiger partial charge in [-0.25, -0.2) is 0 Å². The summed E-state index contributed by atoms with van der Waals surface area (Å²) in [7, 11) is 0. The van der Waals surface area contributed by atoms with Crippen molar-refractivity contribution in [3.8, 4) is 0 Å². The molecule has 3 N–H and O–H groups in total. The predicted octanol–water partition coefficient (Wildman–Crippen LogP) is -1.19. The molecule has 1 aliphatic rings. The zero-order valence-electron chi connectivity index (χ0n) is 7.99. The molecule has 2 amide bonds. The number of carbonyl (C=O) groups excluding carboxylic acids is 2. The quantitative estimate of drug-likeness (QED) is 0.554. The van der Waals surface area contributed by atoms with Gasteiger partial charge in [0.2, 0.25) is 11.8 Å². The topological polar surface area (TPSA) is 95.5 Å². The maximum atomic E-state index is 11.2. The van der Waals surface area contributed by atoms with Crippen molar-refractivity contribution in [3.05, 3.63) is 0 Å². The van der Waals surface area contributed by atoms with Crippen molar-refractivity contribution >= 4 is 29.5 Å². The van der Waals surface area contributed by atoms with Crippen LogP contribution in [0.5, 0.6) is 0 Å². The van der Waals surface area contributed by atoms with Crippen LogP contribution >= 0.6 is 11.8 Å². The number of amides is 2. The molecule has 6 nitrogen and oxygen atoms in total. The van der Waals surface area contributed by atoms with Gasteiger partial charge in [0.25, 0.3) is 0 Å². The van der Waals surface area contributed by atoms with Crippen LogP contribution in [0.2, 0.25) is 0 Å². The predicted molar refractivity (Wildman–Crippen MR) is 54.5 cm³/mol. The van der Waals surface area contributed by atoms with Gasteiger partial charge >= 0.3 is 5.97 Å². The van der Waals surface area contributed by atoms with Gasteiger partial charge < -0.3 is 15.7 Å². The molecule has 1 atom stereocenters. The largest absolute Gasteiger partial charge is 0.481 e. The van der Waals surface area contributed by atoms with E-state index in [1.807, 2.05) is 0 Å². The zero-order chi connectivity index (χ0) is 11.3. The molecule has 1 aliphatic heterocycles. The molecule has 15 heavy (non-hydrogen) atoms. The molecule has 1 rings (SSSR count). The van der Waals surface area contributed by atoms with Gasteiger partial charge in [-0.1, -0.05) is 0 Å². The maximum absolute atomic E-state index is 11.2. The summed E-state index contributed by atoms with van der Waals surface area (Å²) < 4.78 is 0. The Bertz CT molecular complexity index is 282. The van der Waals surface area contributed by atoms with Crippen LogP contribution in [0.1, 0.15) is 6.42 Å². The Morgan fingerprint density at radius 1 is 1.53 bits per heavy atom. The first-order chi connectivity index (χ1) is 7.08. The van der Waals surface area contributed by atoms with Gasteiger partial charge in [-0.15, -0.1) is 11.8 Å². The van der Waals surface area contributed by atoms with Crippen LogP contribution in [-0.2, 0) is 14.4 Å². The Kier molecular flexibility index (Phi) is 4.41. The number of nitrogens with one attached hydrogen (secondary N) is 2. The van der Waals surface area contributed by atoms with Gasteiger partial charge in [0.15, 0.2) is 0 Å². The van der Waals surface area contributed by atoms with Crippen molar-refractivity contribution in [1.82, 2.24) is 10.6 Å². The van der Waals surface area contributed by atoms with Crippen LogP contribution in [0.15, 0.2) is 0 Å². The lowest BCUT2D eigenvalue weighted by molar-refractivity contribution is -0.134. The Hall–Kier alpha value is -1.24. The number of carboxylic acids is 1. The van der Waals surface area contributed by atoms with Crippen LogP contribution < -0.4 is 10.6 Å². The second kappa shape index (κ2) is 5.59. The lowest BCUT2D eigenvalue weighted by Crippen LogP contribution is -2.37. The van der Waals surface area contributed by atoms with E-state index in [1.165, 1.54) is 0 Å². The van der Waals surface area contributed by atoms with Crippen LogP contribution in [0, 0.1) is 0 Å². The molecule has 0 spiro atoms. The summed E-state index contributed by atoms with van der Waals surface area (Å²) in [5.41, 5.74) is 0. The maximum Gasteiger partial charge on any atom is 0.313 e. The second-order valence-corrected chi connectivity index (χ2v) is 4.14. The number of hydrogen-bond donors (Lipinski definition) is 3. The highest BCUT2D eigenvalue weighted by Crippen LogP contribution is 2.02. The molecule has 1 heterocycles. The minimum Gasteiger partial charge on any atom is -0.481 e. The Morgan fingerprint density at radius 3 is 2.80 bits per heavy atom. The van der Waals surface area contributed by atoms with Gasteiger partial charge in [-0.2, -0.15) is 0 Å². The Balaban J connectivity index is 2.13. The van der Waals surface area contributed by atoms with Gasteiger partial charge in [0.05, 0.1) is 17.5 Å². The van der Waals surface area contributed by atoms with Gasteiger partial charge in [-0.05, 0) is 0 Å². The highest BCUT2D eigenvalue weighted by Gasteiger charge is 2.22. The van der Waals surface area contributed by atoms with Gasteiger partial charge in [0.1, 0.15) is 0 Å². The minimum atomic E-state index is -0.939. The fourth-order valence-electron chi connectivity index (χ4n) is 1.21. The molecule has 1 unspecified atom stereocenters. The molecule has 0 radical (unpaired) electrons. The lowest BCUT2D eigenvalue weighted by atomic mass is 10.2. The third-order valence-corrected chi connectivity index (χ3v) is 2.72. The Morgan fingerprint density at radius 2 is 2.27 bits per heavy atom. The summed E-state index contributed by atoms with van der Waals surface area (Å²) in [5.74, 6) is -1.22. The molecule has 1 saturated heterocycles. The van der Waals surface area contributed by atoms with Crippen molar-refractivity contribution in [3.63, 3.8) is 0 Å². The molecule has 0 aromatic rings. The van der Waals surface area contributed by atoms with Gasteiger partial charge in [-0.3, -0.25) is 14.4 Å². The fourth-order valence-corrected chi connectivity index (χ4v) is 1.75. The first kappa shape index (κ1) is 11.8. The summed E-state index contributed by atoms with van der Waals surface area (Å²) in [4.78, 5) is 32.2. The zero-order valence-corrected chi connectivity index (χ0v) is 8.80. The number of hydrogen-bond acceptors (Lipinski definition) is 4. The molecular formula is C8H12N2O4S. The number of carboxylic acid groups (broad SMARTS) is 1. The molecule has 0 aromatic heterocycles. The molecule has 0 aromatic carbocycles. The smallest absolute Gasteiger partial charge is 0.313 e. The third kappa shape index (κ3) is 4.68. The van der Waals surface area contributed by atoms with Crippen LogP contribution in [-0.4, -0.2) is 47.0 Å². The summed E-state index contributed by atoms with van der Waals surface area (Å²) >= 11 is 1.04. The first-order valence-electron chi connectivity index (χ1n) is 4.43. The molecule has 7 heteroatoms. The summed E-state index contributed by atoms with van der Waals surface area (Å²) in [5, 5.41) is 13.6. The highest BCUT2D eigenvalue weighted by molar-refractivity contribution is 8.00. The van der Waals surface area contributed by atoms with E-state index in [4.69, 9.17) is 5.11 Å². The van der Waals surface area contributed by atoms with E-state index in [0.717, 1.165) is 11.8 Å². The summed E-state index contributed by atoms with van der Waals surface area (Å²) in [6.45, 7) is 0.453. The van der Waals surface area contributed by atoms with E-state index in [-0.39, 0.29) is 29.4 Å². The summed E-state index contributed by atoms with van der Waals surface area (Å²) in [6.07, 6.45) is 0.301. The monoisotopic (exact) mass is 232 g/mol. The number of carbonyl (C=O) groups is 3. The molecule has 0 aliphatic carbocycles. The normalized spacial score (nSPS) is 19.7. The standard InChI is InChI=1S/C8H12N2O4S/c11-6-1-5(2-9-6)10-7(12)3-15-4-8(13)14/h5H,1-4H2,(H,9,11)(H,10,12)(H,13,14). The van der Waals surface area contributed by atoms with E-state index in [9.17, 15) is 14.4 Å². The second-order valence-electron chi connectivity index (χ2n) is 3.16. The molecule has 84 valence electrons.